The van der Waals surface area contributed by atoms with Crippen molar-refractivity contribution in [2.75, 3.05) is 23.0 Å². The molecule has 3 aromatic rings. The van der Waals surface area contributed by atoms with Crippen molar-refractivity contribution in [3.05, 3.63) is 83.7 Å². The molecule has 9 nitrogen and oxygen atoms in total. The van der Waals surface area contributed by atoms with Crippen LogP contribution in [0.4, 0.5) is 11.4 Å². The van der Waals surface area contributed by atoms with Gasteiger partial charge in [-0.3, -0.25) is 14.3 Å². The van der Waals surface area contributed by atoms with Gasteiger partial charge in [-0.25, -0.2) is 0 Å². The van der Waals surface area contributed by atoms with E-state index in [2.05, 4.69) is 10.3 Å². The Morgan fingerprint density at radius 1 is 1.07 bits per heavy atom. The molecule has 2 aliphatic rings. The molecule has 1 saturated heterocycles. The van der Waals surface area contributed by atoms with Gasteiger partial charge in [0, 0.05) is 55.9 Å². The molecule has 1 fully saturated rings. The van der Waals surface area contributed by atoms with E-state index in [0.717, 1.165) is 42.6 Å². The number of anilines is 2. The first-order valence-electron chi connectivity index (χ1n) is 14.6. The summed E-state index contributed by atoms with van der Waals surface area (Å²) in [4.78, 5) is 30.3. The predicted molar refractivity (Wildman–Crippen MR) is 157 cm³/mol. The van der Waals surface area contributed by atoms with E-state index < -0.39 is 11.5 Å². The summed E-state index contributed by atoms with van der Waals surface area (Å²) in [5, 5.41) is 29.1. The summed E-state index contributed by atoms with van der Waals surface area (Å²) in [6.07, 6.45) is 11.5. The Balaban J connectivity index is 1.31. The number of aryl methyl sites for hydroxylation is 1. The minimum atomic E-state index is -1.69. The third-order valence-corrected chi connectivity index (χ3v) is 8.13. The Morgan fingerprint density at radius 3 is 2.76 bits per heavy atom. The minimum absolute atomic E-state index is 0.0325. The molecule has 1 aromatic heterocycles. The SMILES string of the molecule is C[C@@H](/C=C/CCn1cc(CCO)nn1)[C@]1(O)C(=O)N(Cc2cccc(N3CCCCCCC3=O)c2)c2ccccc21. The highest BCUT2D eigenvalue weighted by Crippen LogP contribution is 2.45. The summed E-state index contributed by atoms with van der Waals surface area (Å²) in [5.41, 5.74) is 2.12. The van der Waals surface area contributed by atoms with Gasteiger partial charge >= 0.3 is 0 Å². The lowest BCUT2D eigenvalue weighted by molar-refractivity contribution is -0.139. The van der Waals surface area contributed by atoms with Crippen LogP contribution in [0.2, 0.25) is 0 Å². The quantitative estimate of drug-likeness (QED) is 0.363. The van der Waals surface area contributed by atoms with Crippen molar-refractivity contribution in [3.8, 4) is 0 Å². The topological polar surface area (TPSA) is 112 Å². The molecule has 5 rings (SSSR count). The molecule has 9 heteroatoms. The van der Waals surface area contributed by atoms with E-state index in [1.807, 2.05) is 78.7 Å². The fourth-order valence-electron chi connectivity index (χ4n) is 5.82. The van der Waals surface area contributed by atoms with Crippen LogP contribution in [0.1, 0.15) is 62.3 Å². The average molecular weight is 558 g/mol. The number of allylic oxidation sites excluding steroid dienone is 1. The molecule has 2 aliphatic heterocycles. The highest BCUT2D eigenvalue weighted by atomic mass is 16.3. The number of carbonyl (C=O) groups is 2. The van der Waals surface area contributed by atoms with Crippen LogP contribution < -0.4 is 9.80 Å². The van der Waals surface area contributed by atoms with E-state index in [-0.39, 0.29) is 18.4 Å². The number of aliphatic hydroxyl groups is 2. The zero-order chi connectivity index (χ0) is 28.8. The van der Waals surface area contributed by atoms with E-state index in [1.54, 1.807) is 9.58 Å². The summed E-state index contributed by atoms with van der Waals surface area (Å²) < 4.78 is 1.72. The Hall–Kier alpha value is -3.82. The van der Waals surface area contributed by atoms with Gasteiger partial charge in [-0.1, -0.05) is 67.5 Å². The molecule has 0 radical (unpaired) electrons. The number of amides is 2. The summed E-state index contributed by atoms with van der Waals surface area (Å²) >= 11 is 0. The van der Waals surface area contributed by atoms with Crippen molar-refractivity contribution in [2.24, 2.45) is 5.92 Å². The Bertz CT molecular complexity index is 1400. The van der Waals surface area contributed by atoms with Gasteiger partial charge in [0.1, 0.15) is 0 Å². The van der Waals surface area contributed by atoms with Gasteiger partial charge in [0.05, 0.1) is 17.9 Å². The second-order valence-corrected chi connectivity index (χ2v) is 11.0. The van der Waals surface area contributed by atoms with Crippen LogP contribution in [-0.2, 0) is 34.7 Å². The molecule has 0 saturated carbocycles. The normalized spacial score (nSPS) is 20.4. The van der Waals surface area contributed by atoms with Crippen LogP contribution >= 0.6 is 0 Å². The lowest BCUT2D eigenvalue weighted by atomic mass is 9.83. The third-order valence-electron chi connectivity index (χ3n) is 8.13. The molecule has 0 bridgehead atoms. The highest BCUT2D eigenvalue weighted by Gasteiger charge is 2.52. The van der Waals surface area contributed by atoms with Gasteiger partial charge in [-0.2, -0.15) is 0 Å². The first kappa shape index (κ1) is 28.7. The second kappa shape index (κ2) is 12.8. The van der Waals surface area contributed by atoms with Crippen molar-refractivity contribution in [1.82, 2.24) is 15.0 Å². The molecule has 2 amide bonds. The number of rotatable bonds is 10. The Labute approximate surface area is 241 Å². The third kappa shape index (κ3) is 6.11. The fourth-order valence-corrected chi connectivity index (χ4v) is 5.82. The van der Waals surface area contributed by atoms with Crippen molar-refractivity contribution in [3.63, 3.8) is 0 Å². The number of benzene rings is 2. The van der Waals surface area contributed by atoms with Crippen molar-refractivity contribution < 1.29 is 19.8 Å². The molecule has 3 heterocycles. The zero-order valence-electron chi connectivity index (χ0n) is 23.7. The first-order chi connectivity index (χ1) is 19.9. The largest absolute Gasteiger partial charge is 0.396 e. The predicted octanol–water partition coefficient (Wildman–Crippen LogP) is 4.13. The van der Waals surface area contributed by atoms with Crippen molar-refractivity contribution >= 4 is 23.2 Å². The number of carbonyl (C=O) groups excluding carboxylic acids is 2. The van der Waals surface area contributed by atoms with Crippen LogP contribution in [0.5, 0.6) is 0 Å². The summed E-state index contributed by atoms with van der Waals surface area (Å²) in [5.74, 6) is -0.672. The molecule has 2 atom stereocenters. The molecule has 41 heavy (non-hydrogen) atoms. The molecule has 0 unspecified atom stereocenters. The molecule has 2 N–H and O–H groups in total. The number of hydrogen-bond acceptors (Lipinski definition) is 6. The van der Waals surface area contributed by atoms with Crippen molar-refractivity contribution in [2.45, 2.75) is 70.6 Å². The molecular formula is C32H39N5O4. The molecule has 0 aliphatic carbocycles. The van der Waals surface area contributed by atoms with E-state index in [0.29, 0.717) is 50.1 Å². The highest BCUT2D eigenvalue weighted by molar-refractivity contribution is 6.07. The van der Waals surface area contributed by atoms with E-state index in [4.69, 9.17) is 5.11 Å². The van der Waals surface area contributed by atoms with Crippen LogP contribution in [0.25, 0.3) is 0 Å². The molecule has 0 spiro atoms. The van der Waals surface area contributed by atoms with Gasteiger partial charge < -0.3 is 20.0 Å². The number of nitrogens with zero attached hydrogens (tertiary/aromatic N) is 5. The maximum atomic E-state index is 13.9. The van der Waals surface area contributed by atoms with Crippen LogP contribution in [0.3, 0.4) is 0 Å². The zero-order valence-corrected chi connectivity index (χ0v) is 23.7. The van der Waals surface area contributed by atoms with Gasteiger partial charge in [0.2, 0.25) is 5.91 Å². The summed E-state index contributed by atoms with van der Waals surface area (Å²) in [7, 11) is 0. The number of aromatic nitrogens is 3. The standard InChI is InChI=1S/C32H39N5O4/c1-24(11-7-9-18-35-23-26(17-20-38)33-34-35)32(41)28-14-5-6-15-29(28)37(31(32)40)22-25-12-10-13-27(21-25)36-19-8-3-2-4-16-30(36)39/h5-7,10-15,21,23-24,38,41H,2-4,8-9,16-20,22H2,1H3/b11-7+/t24-,32+/m0/s1. The Kier molecular flexibility index (Phi) is 8.95. The lowest BCUT2D eigenvalue weighted by Gasteiger charge is -2.28. The minimum Gasteiger partial charge on any atom is -0.396 e. The van der Waals surface area contributed by atoms with Crippen LogP contribution in [0, 0.1) is 5.92 Å². The smallest absolute Gasteiger partial charge is 0.264 e. The Morgan fingerprint density at radius 2 is 1.90 bits per heavy atom. The van der Waals surface area contributed by atoms with E-state index in [9.17, 15) is 14.7 Å². The average Bonchev–Trinajstić information content (AvgIpc) is 3.50. The van der Waals surface area contributed by atoms with E-state index in [1.165, 1.54) is 0 Å². The second-order valence-electron chi connectivity index (χ2n) is 11.0. The summed E-state index contributed by atoms with van der Waals surface area (Å²) in [6.45, 7) is 3.50. The number of para-hydroxylation sites is 1. The molecule has 2 aromatic carbocycles. The number of aliphatic hydroxyl groups excluding tert-OH is 1. The van der Waals surface area contributed by atoms with Gasteiger partial charge in [-0.15, -0.1) is 5.10 Å². The van der Waals surface area contributed by atoms with Crippen LogP contribution in [-0.4, -0.2) is 50.2 Å². The van der Waals surface area contributed by atoms with Crippen molar-refractivity contribution in [1.29, 1.82) is 0 Å². The fraction of sp³-hybridized carbons (Fsp3) is 0.438. The molecular weight excluding hydrogens is 518 g/mol. The van der Waals surface area contributed by atoms with Crippen LogP contribution in [0.15, 0.2) is 66.9 Å². The number of fused-ring (bicyclic) bond motifs is 1. The van der Waals surface area contributed by atoms with Gasteiger partial charge in [-0.05, 0) is 43.0 Å². The maximum Gasteiger partial charge on any atom is 0.264 e. The lowest BCUT2D eigenvalue weighted by Crippen LogP contribution is -2.44. The van der Waals surface area contributed by atoms with E-state index >= 15 is 0 Å². The monoisotopic (exact) mass is 557 g/mol. The summed E-state index contributed by atoms with van der Waals surface area (Å²) in [6, 6.07) is 15.3. The van der Waals surface area contributed by atoms with Gasteiger partial charge in [0.15, 0.2) is 5.60 Å². The first-order valence-corrected chi connectivity index (χ1v) is 14.6. The molecule has 216 valence electrons. The number of hydrogen-bond donors (Lipinski definition) is 2. The maximum absolute atomic E-state index is 13.9. The van der Waals surface area contributed by atoms with Gasteiger partial charge in [0.25, 0.3) is 5.91 Å².